The molecule has 19 heavy (non-hydrogen) atoms. The molecule has 1 atom stereocenters. The Kier molecular flexibility index (Phi) is 5.35. The van der Waals surface area contributed by atoms with E-state index in [1.54, 1.807) is 18.2 Å². The van der Waals surface area contributed by atoms with E-state index in [1.807, 2.05) is 20.8 Å². The molecule has 1 N–H and O–H groups in total. The summed E-state index contributed by atoms with van der Waals surface area (Å²) < 4.78 is 7.33. The minimum Gasteiger partial charge on any atom is -0.464 e. The summed E-state index contributed by atoms with van der Waals surface area (Å²) in [6.07, 6.45) is 1.52. The van der Waals surface area contributed by atoms with E-state index in [9.17, 15) is 9.59 Å². The van der Waals surface area contributed by atoms with Gasteiger partial charge in [0.15, 0.2) is 5.92 Å². The molecular formula is C13H18N2O3S. The molecular weight excluding hydrogens is 264 g/mol. The molecule has 104 valence electrons. The maximum absolute atomic E-state index is 12.0. The Morgan fingerprint density at radius 2 is 2.11 bits per heavy atom. The molecule has 5 nitrogen and oxygen atoms in total. The molecule has 6 heteroatoms. The Morgan fingerprint density at radius 1 is 1.42 bits per heavy atom. The van der Waals surface area contributed by atoms with Crippen LogP contribution in [0.25, 0.3) is 0 Å². The summed E-state index contributed by atoms with van der Waals surface area (Å²) in [7, 11) is 0. The number of rotatable bonds is 4. The van der Waals surface area contributed by atoms with Crippen molar-refractivity contribution in [3.05, 3.63) is 30.1 Å². The number of amides is 1. The van der Waals surface area contributed by atoms with Crippen LogP contribution < -0.4 is 4.72 Å². The molecule has 0 radical (unpaired) electrons. The summed E-state index contributed by atoms with van der Waals surface area (Å²) in [6.45, 7) is 6.05. The number of nitrogens with one attached hydrogen (secondary N) is 1. The van der Waals surface area contributed by atoms with E-state index in [0.717, 1.165) is 0 Å². The van der Waals surface area contributed by atoms with Crippen molar-refractivity contribution in [1.82, 2.24) is 9.71 Å². The zero-order valence-electron chi connectivity index (χ0n) is 11.2. The lowest BCUT2D eigenvalue weighted by molar-refractivity contribution is -0.151. The van der Waals surface area contributed by atoms with Crippen LogP contribution in [0.4, 0.5) is 0 Å². The maximum atomic E-state index is 12.0. The van der Waals surface area contributed by atoms with E-state index in [-0.39, 0.29) is 12.0 Å². The number of carbonyl (C=O) groups is 2. The average Bonchev–Trinajstić information content (AvgIpc) is 2.37. The maximum Gasteiger partial charge on any atom is 0.324 e. The van der Waals surface area contributed by atoms with Crippen molar-refractivity contribution in [2.45, 2.75) is 26.7 Å². The van der Waals surface area contributed by atoms with Crippen LogP contribution in [0.5, 0.6) is 0 Å². The highest BCUT2D eigenvalue weighted by Gasteiger charge is 2.31. The number of ether oxygens (including phenoxy) is 1. The number of pyridine rings is 1. The Morgan fingerprint density at radius 3 is 2.58 bits per heavy atom. The second kappa shape index (κ2) is 6.56. The first kappa shape index (κ1) is 15.5. The summed E-state index contributed by atoms with van der Waals surface area (Å²) in [4.78, 5) is 27.8. The standard InChI is InChI=1S/C13H18N2O3S/c1-13(2,3)8-18-12(17)10(11(16)15-19)9-6-4-5-7-14-9/h4-7,10,19H,8H2,1-3H3,(H,15,16). The van der Waals surface area contributed by atoms with Gasteiger partial charge in [0.25, 0.3) is 0 Å². The van der Waals surface area contributed by atoms with Crippen LogP contribution >= 0.6 is 12.8 Å². The molecule has 1 aromatic heterocycles. The van der Waals surface area contributed by atoms with Crippen LogP contribution in [0.1, 0.15) is 32.4 Å². The molecule has 1 unspecified atom stereocenters. The third-order valence-corrected chi connectivity index (χ3v) is 2.46. The molecule has 0 aliphatic heterocycles. The summed E-state index contributed by atoms with van der Waals surface area (Å²) in [5.41, 5.74) is 0.176. The second-order valence-corrected chi connectivity index (χ2v) is 5.56. The fourth-order valence-corrected chi connectivity index (χ4v) is 1.47. The SMILES string of the molecule is CC(C)(C)COC(=O)C(C(=O)NS)c1ccccn1. The van der Waals surface area contributed by atoms with Crippen LogP contribution in [0, 0.1) is 5.41 Å². The largest absolute Gasteiger partial charge is 0.464 e. The number of aromatic nitrogens is 1. The summed E-state index contributed by atoms with van der Waals surface area (Å²) in [5, 5.41) is 0. The zero-order chi connectivity index (χ0) is 14.5. The van der Waals surface area contributed by atoms with Crippen molar-refractivity contribution in [3.63, 3.8) is 0 Å². The molecule has 1 rings (SSSR count). The van der Waals surface area contributed by atoms with Crippen LogP contribution in [-0.2, 0) is 14.3 Å². The molecule has 1 heterocycles. The molecule has 0 bridgehead atoms. The van der Waals surface area contributed by atoms with Gasteiger partial charge in [0.05, 0.1) is 12.3 Å². The number of thiol groups is 1. The van der Waals surface area contributed by atoms with Crippen molar-refractivity contribution >= 4 is 24.7 Å². The highest BCUT2D eigenvalue weighted by atomic mass is 32.1. The number of esters is 1. The molecule has 1 aromatic rings. The van der Waals surface area contributed by atoms with Gasteiger partial charge in [-0.25, -0.2) is 0 Å². The number of nitrogens with zero attached hydrogens (tertiary/aromatic N) is 1. The minimum absolute atomic E-state index is 0.165. The van der Waals surface area contributed by atoms with E-state index in [4.69, 9.17) is 4.74 Å². The first-order valence-electron chi connectivity index (χ1n) is 5.86. The van der Waals surface area contributed by atoms with Gasteiger partial charge in [0, 0.05) is 6.20 Å². The van der Waals surface area contributed by atoms with E-state index in [0.29, 0.717) is 5.69 Å². The third kappa shape index (κ3) is 4.90. The van der Waals surface area contributed by atoms with Gasteiger partial charge >= 0.3 is 5.97 Å². The van der Waals surface area contributed by atoms with Gasteiger partial charge in [-0.15, -0.1) is 0 Å². The lowest BCUT2D eigenvalue weighted by Crippen LogP contribution is -2.32. The molecule has 0 spiro atoms. The summed E-state index contributed by atoms with van der Waals surface area (Å²) >= 11 is 3.69. The molecule has 1 amide bonds. The van der Waals surface area contributed by atoms with Crippen LogP contribution in [-0.4, -0.2) is 23.5 Å². The quantitative estimate of drug-likeness (QED) is 0.501. The predicted molar refractivity (Wildman–Crippen MR) is 74.5 cm³/mol. The zero-order valence-corrected chi connectivity index (χ0v) is 12.1. The first-order valence-corrected chi connectivity index (χ1v) is 6.31. The highest BCUT2D eigenvalue weighted by molar-refractivity contribution is 7.78. The minimum atomic E-state index is -1.10. The summed E-state index contributed by atoms with van der Waals surface area (Å²) in [6, 6.07) is 5.02. The Balaban J connectivity index is 2.87. The van der Waals surface area contributed by atoms with E-state index >= 15 is 0 Å². The van der Waals surface area contributed by atoms with Crippen molar-refractivity contribution in [2.75, 3.05) is 6.61 Å². The van der Waals surface area contributed by atoms with Gasteiger partial charge in [-0.05, 0) is 17.5 Å². The number of hydrogen-bond acceptors (Lipinski definition) is 5. The van der Waals surface area contributed by atoms with Crippen molar-refractivity contribution in [1.29, 1.82) is 0 Å². The lowest BCUT2D eigenvalue weighted by atomic mass is 9.98. The first-order chi connectivity index (χ1) is 8.85. The second-order valence-electron chi connectivity index (χ2n) is 5.33. The normalized spacial score (nSPS) is 12.6. The number of carbonyl (C=O) groups excluding carboxylic acids is 2. The topological polar surface area (TPSA) is 68.3 Å². The Hall–Kier alpha value is -1.56. The Bertz CT molecular complexity index is 443. The average molecular weight is 282 g/mol. The molecule has 0 saturated carbocycles. The molecule has 0 aliphatic carbocycles. The van der Waals surface area contributed by atoms with Crippen molar-refractivity contribution in [2.24, 2.45) is 5.41 Å². The van der Waals surface area contributed by atoms with Crippen LogP contribution in [0.2, 0.25) is 0 Å². The number of hydrogen-bond donors (Lipinski definition) is 2. The third-order valence-electron chi connectivity index (χ3n) is 2.24. The lowest BCUT2D eigenvalue weighted by Gasteiger charge is -2.20. The molecule has 0 saturated heterocycles. The van der Waals surface area contributed by atoms with Gasteiger partial charge in [0.2, 0.25) is 5.91 Å². The van der Waals surface area contributed by atoms with E-state index in [1.165, 1.54) is 6.20 Å². The monoisotopic (exact) mass is 282 g/mol. The van der Waals surface area contributed by atoms with Gasteiger partial charge in [0.1, 0.15) is 0 Å². The van der Waals surface area contributed by atoms with Crippen LogP contribution in [0.15, 0.2) is 24.4 Å². The van der Waals surface area contributed by atoms with Crippen LogP contribution in [0.3, 0.4) is 0 Å². The molecule has 0 aromatic carbocycles. The van der Waals surface area contributed by atoms with Gasteiger partial charge in [-0.2, -0.15) is 0 Å². The summed E-state index contributed by atoms with van der Waals surface area (Å²) in [5.74, 6) is -2.28. The van der Waals surface area contributed by atoms with Gasteiger partial charge in [-0.1, -0.05) is 39.7 Å². The van der Waals surface area contributed by atoms with E-state index < -0.39 is 17.8 Å². The fourth-order valence-electron chi connectivity index (χ4n) is 1.34. The van der Waals surface area contributed by atoms with Gasteiger partial charge < -0.3 is 9.46 Å². The molecule has 0 fully saturated rings. The van der Waals surface area contributed by atoms with E-state index in [2.05, 4.69) is 22.5 Å². The van der Waals surface area contributed by atoms with Crippen molar-refractivity contribution < 1.29 is 14.3 Å². The highest BCUT2D eigenvalue weighted by Crippen LogP contribution is 2.19. The molecule has 0 aliphatic rings. The predicted octanol–water partition coefficient (Wildman–Crippen LogP) is 1.72. The van der Waals surface area contributed by atoms with Crippen molar-refractivity contribution in [3.8, 4) is 0 Å². The Labute approximate surface area is 118 Å². The fraction of sp³-hybridized carbons (Fsp3) is 0.462. The smallest absolute Gasteiger partial charge is 0.324 e. The van der Waals surface area contributed by atoms with Gasteiger partial charge in [-0.3, -0.25) is 14.6 Å².